The van der Waals surface area contributed by atoms with E-state index in [1.54, 1.807) is 30.2 Å². The third-order valence-corrected chi connectivity index (χ3v) is 4.52. The highest BCUT2D eigenvalue weighted by atomic mass is 35.5. The van der Waals surface area contributed by atoms with Gasteiger partial charge in [0.1, 0.15) is 0 Å². The van der Waals surface area contributed by atoms with E-state index in [-0.39, 0.29) is 30.9 Å². The normalized spacial score (nSPS) is 21.1. The zero-order valence-corrected chi connectivity index (χ0v) is 13.6. The molecule has 1 aliphatic rings. The first-order valence-electron chi connectivity index (χ1n) is 6.88. The van der Waals surface area contributed by atoms with Crippen LogP contribution < -0.4 is 0 Å². The smallest absolute Gasteiger partial charge is 0.305 e. The third-order valence-electron chi connectivity index (χ3n) is 3.78. The first-order valence-corrected chi connectivity index (χ1v) is 7.64. The zero-order valence-electron chi connectivity index (χ0n) is 12.1. The van der Waals surface area contributed by atoms with Gasteiger partial charge in [-0.25, -0.2) is 0 Å². The number of rotatable bonds is 5. The summed E-state index contributed by atoms with van der Waals surface area (Å²) in [4.78, 5) is 25.0. The van der Waals surface area contributed by atoms with Gasteiger partial charge in [-0.2, -0.15) is 0 Å². The maximum Gasteiger partial charge on any atom is 0.305 e. The number of hydrogen-bond donors (Lipinski definition) is 1. The number of halogens is 2. The van der Waals surface area contributed by atoms with Crippen molar-refractivity contribution in [2.24, 2.45) is 0 Å². The van der Waals surface area contributed by atoms with Crippen LogP contribution >= 0.6 is 23.2 Å². The Bertz CT molecular complexity index is 579. The molecular formula is C15H17Cl2NO4. The molecule has 1 aromatic carbocycles. The van der Waals surface area contributed by atoms with Crippen LogP contribution in [0.3, 0.4) is 0 Å². The van der Waals surface area contributed by atoms with E-state index in [1.807, 2.05) is 0 Å². The molecule has 1 N–H and O–H groups in total. The summed E-state index contributed by atoms with van der Waals surface area (Å²) in [7, 11) is 1.56. The monoisotopic (exact) mass is 345 g/mol. The van der Waals surface area contributed by atoms with Gasteiger partial charge in [0.15, 0.2) is 0 Å². The number of ether oxygens (including phenoxy) is 1. The zero-order chi connectivity index (χ0) is 16.3. The highest BCUT2D eigenvalue weighted by molar-refractivity contribution is 6.42. The largest absolute Gasteiger partial charge is 0.481 e. The Morgan fingerprint density at radius 3 is 2.68 bits per heavy atom. The Morgan fingerprint density at radius 2 is 2.09 bits per heavy atom. The minimum absolute atomic E-state index is 0.0764. The minimum Gasteiger partial charge on any atom is -0.481 e. The van der Waals surface area contributed by atoms with Crippen LogP contribution in [-0.4, -0.2) is 47.7 Å². The molecule has 0 saturated carbocycles. The second kappa shape index (κ2) is 7.31. The average Bonchev–Trinajstić information content (AvgIpc) is 2.85. The van der Waals surface area contributed by atoms with Crippen molar-refractivity contribution in [3.8, 4) is 0 Å². The van der Waals surface area contributed by atoms with Crippen LogP contribution in [-0.2, 0) is 20.7 Å². The molecule has 22 heavy (non-hydrogen) atoms. The molecule has 0 spiro atoms. The van der Waals surface area contributed by atoms with Crippen LogP contribution in [0.4, 0.5) is 0 Å². The number of carbonyl (C=O) groups is 2. The number of nitrogens with zero attached hydrogens (tertiary/aromatic N) is 1. The highest BCUT2D eigenvalue weighted by Crippen LogP contribution is 2.26. The second-order valence-electron chi connectivity index (χ2n) is 5.32. The first-order chi connectivity index (χ1) is 10.4. The van der Waals surface area contributed by atoms with Crippen molar-refractivity contribution in [3.63, 3.8) is 0 Å². The Labute approximate surface area is 138 Å². The molecule has 2 rings (SSSR count). The average molecular weight is 346 g/mol. The number of methoxy groups -OCH3 is 1. The molecule has 0 aliphatic carbocycles. The maximum absolute atomic E-state index is 12.5. The maximum atomic E-state index is 12.5. The molecule has 2 unspecified atom stereocenters. The molecule has 1 fully saturated rings. The predicted octanol–water partition coefficient (Wildman–Crippen LogP) is 2.63. The first kappa shape index (κ1) is 17.1. The van der Waals surface area contributed by atoms with Gasteiger partial charge in [-0.15, -0.1) is 0 Å². The van der Waals surface area contributed by atoms with E-state index < -0.39 is 5.97 Å². The van der Waals surface area contributed by atoms with Gasteiger partial charge in [0.2, 0.25) is 5.91 Å². The van der Waals surface area contributed by atoms with Crippen LogP contribution in [0.15, 0.2) is 18.2 Å². The SMILES string of the molecule is COC1CC(CC(=O)O)N(C(=O)Cc2ccc(Cl)c(Cl)c2)C1. The third kappa shape index (κ3) is 4.12. The number of aliphatic carboxylic acids is 1. The predicted molar refractivity (Wildman–Crippen MR) is 83.3 cm³/mol. The molecular weight excluding hydrogens is 329 g/mol. The van der Waals surface area contributed by atoms with Gasteiger partial charge in [0.25, 0.3) is 0 Å². The van der Waals surface area contributed by atoms with E-state index in [1.165, 1.54) is 0 Å². The van der Waals surface area contributed by atoms with Gasteiger partial charge in [0, 0.05) is 19.7 Å². The van der Waals surface area contributed by atoms with Crippen molar-refractivity contribution in [3.05, 3.63) is 33.8 Å². The summed E-state index contributed by atoms with van der Waals surface area (Å²) in [5.41, 5.74) is 0.745. The number of benzene rings is 1. The van der Waals surface area contributed by atoms with Crippen molar-refractivity contribution >= 4 is 35.1 Å². The summed E-state index contributed by atoms with van der Waals surface area (Å²) in [6.45, 7) is 0.411. The fourth-order valence-electron chi connectivity index (χ4n) is 2.67. The molecule has 1 heterocycles. The number of hydrogen-bond acceptors (Lipinski definition) is 3. The van der Waals surface area contributed by atoms with Crippen molar-refractivity contribution in [1.29, 1.82) is 0 Å². The molecule has 1 aliphatic heterocycles. The fourth-order valence-corrected chi connectivity index (χ4v) is 2.99. The fraction of sp³-hybridized carbons (Fsp3) is 0.467. The van der Waals surface area contributed by atoms with Crippen molar-refractivity contribution in [1.82, 2.24) is 4.90 Å². The number of carboxylic acid groups (broad SMARTS) is 1. The van der Waals surface area contributed by atoms with Crippen LogP contribution in [0.1, 0.15) is 18.4 Å². The number of carboxylic acids is 1. The summed E-state index contributed by atoms with van der Waals surface area (Å²) in [5, 5.41) is 9.80. The van der Waals surface area contributed by atoms with Gasteiger partial charge in [-0.1, -0.05) is 29.3 Å². The Hall–Kier alpha value is -1.30. The minimum atomic E-state index is -0.922. The lowest BCUT2D eigenvalue weighted by Gasteiger charge is -2.23. The highest BCUT2D eigenvalue weighted by Gasteiger charge is 2.36. The lowest BCUT2D eigenvalue weighted by atomic mass is 10.1. The van der Waals surface area contributed by atoms with E-state index in [9.17, 15) is 9.59 Å². The van der Waals surface area contributed by atoms with Crippen LogP contribution in [0, 0.1) is 0 Å². The number of likely N-dealkylation sites (tertiary alicyclic amines) is 1. The summed E-state index contributed by atoms with van der Waals surface area (Å²) in [6, 6.07) is 4.70. The van der Waals surface area contributed by atoms with E-state index in [0.717, 1.165) is 5.56 Å². The van der Waals surface area contributed by atoms with Gasteiger partial charge in [-0.05, 0) is 24.1 Å². The molecule has 0 aromatic heterocycles. The van der Waals surface area contributed by atoms with Gasteiger partial charge < -0.3 is 14.7 Å². The molecule has 120 valence electrons. The molecule has 1 saturated heterocycles. The van der Waals surface area contributed by atoms with Crippen LogP contribution in [0.2, 0.25) is 10.0 Å². The molecule has 0 radical (unpaired) electrons. The van der Waals surface area contributed by atoms with Crippen LogP contribution in [0.25, 0.3) is 0 Å². The van der Waals surface area contributed by atoms with Crippen molar-refractivity contribution in [2.45, 2.75) is 31.4 Å². The Morgan fingerprint density at radius 1 is 1.36 bits per heavy atom. The molecule has 0 bridgehead atoms. The molecule has 2 atom stereocenters. The summed E-state index contributed by atoms with van der Waals surface area (Å²) < 4.78 is 5.26. The lowest BCUT2D eigenvalue weighted by Crippen LogP contribution is -2.38. The molecule has 1 amide bonds. The van der Waals surface area contributed by atoms with Crippen LogP contribution in [0.5, 0.6) is 0 Å². The van der Waals surface area contributed by atoms with Crippen molar-refractivity contribution < 1.29 is 19.4 Å². The summed E-state index contributed by atoms with van der Waals surface area (Å²) >= 11 is 11.8. The second-order valence-corrected chi connectivity index (χ2v) is 6.13. The Kier molecular flexibility index (Phi) is 5.67. The van der Waals surface area contributed by atoms with Gasteiger partial charge in [0.05, 0.1) is 29.0 Å². The molecule has 1 aromatic rings. The molecule has 5 nitrogen and oxygen atoms in total. The summed E-state index contributed by atoms with van der Waals surface area (Å²) in [6.07, 6.45) is 0.494. The van der Waals surface area contributed by atoms with E-state index in [2.05, 4.69) is 0 Å². The van der Waals surface area contributed by atoms with E-state index in [0.29, 0.717) is 23.0 Å². The van der Waals surface area contributed by atoms with Crippen molar-refractivity contribution in [2.75, 3.05) is 13.7 Å². The van der Waals surface area contributed by atoms with Gasteiger partial charge in [-0.3, -0.25) is 9.59 Å². The van der Waals surface area contributed by atoms with E-state index in [4.69, 9.17) is 33.0 Å². The summed E-state index contributed by atoms with van der Waals surface area (Å²) in [5.74, 6) is -1.06. The quantitative estimate of drug-likeness (QED) is 0.890. The number of carbonyl (C=O) groups excluding carboxylic acids is 1. The van der Waals surface area contributed by atoms with Gasteiger partial charge >= 0.3 is 5.97 Å². The number of amides is 1. The molecule has 7 heteroatoms. The van der Waals surface area contributed by atoms with E-state index >= 15 is 0 Å². The topological polar surface area (TPSA) is 66.8 Å². The lowest BCUT2D eigenvalue weighted by molar-refractivity contribution is -0.139. The Balaban J connectivity index is 2.08. The standard InChI is InChI=1S/C15H17Cl2NO4/c1-22-11-6-10(7-15(20)21)18(8-11)14(19)5-9-2-3-12(16)13(17)4-9/h2-4,10-11H,5-8H2,1H3,(H,20,21).